The minimum atomic E-state index is -0.136. The topological polar surface area (TPSA) is 75.9 Å². The van der Waals surface area contributed by atoms with Gasteiger partial charge in [-0.05, 0) is 37.0 Å². The van der Waals surface area contributed by atoms with Crippen molar-refractivity contribution in [2.24, 2.45) is 18.9 Å². The fourth-order valence-electron chi connectivity index (χ4n) is 4.07. The summed E-state index contributed by atoms with van der Waals surface area (Å²) in [6.07, 6.45) is 5.32. The van der Waals surface area contributed by atoms with E-state index in [9.17, 15) is 4.79 Å². The van der Waals surface area contributed by atoms with Gasteiger partial charge < -0.3 is 14.8 Å². The molecule has 1 amide bonds. The van der Waals surface area contributed by atoms with Gasteiger partial charge in [0.2, 0.25) is 11.9 Å². The van der Waals surface area contributed by atoms with Crippen LogP contribution in [0.4, 0.5) is 5.95 Å². The normalized spacial score (nSPS) is 18.2. The Morgan fingerprint density at radius 1 is 1.17 bits per heavy atom. The van der Waals surface area contributed by atoms with Crippen LogP contribution in [0.25, 0.3) is 11.0 Å². The molecular weight excluding hydrogens is 364 g/mol. The quantitative estimate of drug-likeness (QED) is 0.722. The van der Waals surface area contributed by atoms with Gasteiger partial charge in [-0.1, -0.05) is 26.0 Å². The van der Waals surface area contributed by atoms with E-state index in [1.807, 2.05) is 31.3 Å². The second-order valence-corrected chi connectivity index (χ2v) is 8.08. The van der Waals surface area contributed by atoms with E-state index in [4.69, 9.17) is 4.98 Å². The van der Waals surface area contributed by atoms with Crippen molar-refractivity contribution in [3.8, 4) is 0 Å². The molecule has 2 atom stereocenters. The summed E-state index contributed by atoms with van der Waals surface area (Å²) in [6.45, 7) is 5.76. The summed E-state index contributed by atoms with van der Waals surface area (Å²) in [5, 5.41) is 3.29. The van der Waals surface area contributed by atoms with Gasteiger partial charge in [-0.2, -0.15) is 0 Å². The first-order chi connectivity index (χ1) is 14.0. The van der Waals surface area contributed by atoms with Gasteiger partial charge in [0.25, 0.3) is 0 Å². The number of nitrogens with one attached hydrogen (secondary N) is 1. The zero-order valence-corrected chi connectivity index (χ0v) is 17.2. The molecule has 0 unspecified atom stereocenters. The Hall–Kier alpha value is -2.96. The molecule has 1 N–H and O–H groups in total. The first-order valence-electron chi connectivity index (χ1n) is 10.3. The SMILES string of the molecule is CC(C)[C@@H](NC(=O)[C@@H]1CCCN(c2ncccn2)C1)c1nc2ccccc2n1C. The van der Waals surface area contributed by atoms with E-state index in [0.717, 1.165) is 36.2 Å². The summed E-state index contributed by atoms with van der Waals surface area (Å²) >= 11 is 0. The number of rotatable bonds is 5. The predicted molar refractivity (Wildman–Crippen MR) is 113 cm³/mol. The summed E-state index contributed by atoms with van der Waals surface area (Å²) < 4.78 is 2.09. The fraction of sp³-hybridized carbons (Fsp3) is 0.455. The second-order valence-electron chi connectivity index (χ2n) is 8.08. The van der Waals surface area contributed by atoms with Crippen LogP contribution in [-0.4, -0.2) is 38.5 Å². The Morgan fingerprint density at radius 2 is 1.93 bits per heavy atom. The van der Waals surface area contributed by atoms with Crippen LogP contribution >= 0.6 is 0 Å². The molecule has 0 spiro atoms. The number of amides is 1. The lowest BCUT2D eigenvalue weighted by Gasteiger charge is -2.33. The Balaban J connectivity index is 1.52. The van der Waals surface area contributed by atoms with E-state index in [0.29, 0.717) is 12.5 Å². The first kappa shape index (κ1) is 19.4. The summed E-state index contributed by atoms with van der Waals surface area (Å²) in [6, 6.07) is 9.74. The van der Waals surface area contributed by atoms with Crippen molar-refractivity contribution in [1.82, 2.24) is 24.8 Å². The lowest BCUT2D eigenvalue weighted by Crippen LogP contribution is -2.45. The Labute approximate surface area is 171 Å². The highest BCUT2D eigenvalue weighted by atomic mass is 16.2. The van der Waals surface area contributed by atoms with Crippen molar-refractivity contribution in [3.63, 3.8) is 0 Å². The molecule has 29 heavy (non-hydrogen) atoms. The number of carbonyl (C=O) groups excluding carboxylic acids is 1. The number of para-hydroxylation sites is 2. The second kappa shape index (κ2) is 8.19. The molecule has 0 radical (unpaired) electrons. The number of imidazole rings is 1. The molecule has 2 aromatic heterocycles. The minimum Gasteiger partial charge on any atom is -0.346 e. The summed E-state index contributed by atoms with van der Waals surface area (Å²) in [5.74, 6) is 1.82. The van der Waals surface area contributed by atoms with Crippen molar-refractivity contribution in [2.45, 2.75) is 32.7 Å². The molecule has 152 valence electrons. The van der Waals surface area contributed by atoms with E-state index in [1.165, 1.54) is 0 Å². The number of aromatic nitrogens is 4. The maximum atomic E-state index is 13.2. The number of piperidine rings is 1. The number of aryl methyl sites for hydroxylation is 1. The fourth-order valence-corrected chi connectivity index (χ4v) is 4.07. The molecule has 1 aliphatic heterocycles. The lowest BCUT2D eigenvalue weighted by molar-refractivity contribution is -0.126. The largest absolute Gasteiger partial charge is 0.346 e. The molecule has 0 aliphatic carbocycles. The monoisotopic (exact) mass is 392 g/mol. The number of nitrogens with zero attached hydrogens (tertiary/aromatic N) is 5. The van der Waals surface area contributed by atoms with Crippen LogP contribution < -0.4 is 10.2 Å². The van der Waals surface area contributed by atoms with Crippen molar-refractivity contribution < 1.29 is 4.79 Å². The molecule has 4 rings (SSSR count). The third-order valence-corrected chi connectivity index (χ3v) is 5.69. The number of hydrogen-bond acceptors (Lipinski definition) is 5. The maximum absolute atomic E-state index is 13.2. The molecule has 0 bridgehead atoms. The number of fused-ring (bicyclic) bond motifs is 1. The summed E-state index contributed by atoms with van der Waals surface area (Å²) in [5.41, 5.74) is 2.03. The number of carbonyl (C=O) groups is 1. The molecule has 1 aliphatic rings. The van der Waals surface area contributed by atoms with Crippen LogP contribution in [0.1, 0.15) is 38.6 Å². The molecule has 1 saturated heterocycles. The van der Waals surface area contributed by atoms with Gasteiger partial charge in [0.1, 0.15) is 5.82 Å². The smallest absolute Gasteiger partial charge is 0.225 e. The third-order valence-electron chi connectivity index (χ3n) is 5.69. The van der Waals surface area contributed by atoms with E-state index < -0.39 is 0 Å². The zero-order chi connectivity index (χ0) is 20.4. The third kappa shape index (κ3) is 3.95. The molecule has 3 heterocycles. The molecule has 7 heteroatoms. The summed E-state index contributed by atoms with van der Waals surface area (Å²) in [4.78, 5) is 28.8. The molecule has 7 nitrogen and oxygen atoms in total. The highest BCUT2D eigenvalue weighted by Gasteiger charge is 2.31. The minimum absolute atomic E-state index is 0.0800. The van der Waals surface area contributed by atoms with Gasteiger partial charge in [0, 0.05) is 32.5 Å². The zero-order valence-electron chi connectivity index (χ0n) is 17.2. The van der Waals surface area contributed by atoms with E-state index in [-0.39, 0.29) is 23.8 Å². The van der Waals surface area contributed by atoms with Crippen LogP contribution in [0.5, 0.6) is 0 Å². The van der Waals surface area contributed by atoms with Gasteiger partial charge in [-0.25, -0.2) is 15.0 Å². The van der Waals surface area contributed by atoms with Crippen LogP contribution in [0.3, 0.4) is 0 Å². The number of anilines is 1. The lowest BCUT2D eigenvalue weighted by atomic mass is 9.95. The predicted octanol–water partition coefficient (Wildman–Crippen LogP) is 3.09. The average Bonchev–Trinajstić information content (AvgIpc) is 3.09. The molecule has 1 aromatic carbocycles. The molecule has 3 aromatic rings. The Kier molecular flexibility index (Phi) is 5.47. The van der Waals surface area contributed by atoms with Gasteiger partial charge in [0.15, 0.2) is 0 Å². The van der Waals surface area contributed by atoms with Crippen molar-refractivity contribution in [1.29, 1.82) is 0 Å². The number of hydrogen-bond donors (Lipinski definition) is 1. The Morgan fingerprint density at radius 3 is 2.66 bits per heavy atom. The van der Waals surface area contributed by atoms with Crippen molar-refractivity contribution in [3.05, 3.63) is 48.5 Å². The highest BCUT2D eigenvalue weighted by molar-refractivity contribution is 5.80. The number of benzene rings is 1. The standard InChI is InChI=1S/C22H28N6O/c1-15(2)19(20-25-17-9-4-5-10-18(17)27(20)3)26-21(29)16-8-6-13-28(14-16)22-23-11-7-12-24-22/h4-5,7,9-12,15-16,19H,6,8,13-14H2,1-3H3,(H,26,29)/t16-,19-/m1/s1. The van der Waals surface area contributed by atoms with Gasteiger partial charge in [-0.15, -0.1) is 0 Å². The van der Waals surface area contributed by atoms with Crippen molar-refractivity contribution in [2.75, 3.05) is 18.0 Å². The maximum Gasteiger partial charge on any atom is 0.225 e. The van der Waals surface area contributed by atoms with Crippen LogP contribution in [0, 0.1) is 11.8 Å². The highest BCUT2D eigenvalue weighted by Crippen LogP contribution is 2.27. The van der Waals surface area contributed by atoms with Crippen LogP contribution in [0.15, 0.2) is 42.7 Å². The van der Waals surface area contributed by atoms with Crippen LogP contribution in [-0.2, 0) is 11.8 Å². The van der Waals surface area contributed by atoms with Gasteiger partial charge in [-0.3, -0.25) is 4.79 Å². The molecule has 1 fully saturated rings. The summed E-state index contributed by atoms with van der Waals surface area (Å²) in [7, 11) is 2.02. The van der Waals surface area contributed by atoms with Crippen molar-refractivity contribution >= 4 is 22.9 Å². The molecular formula is C22H28N6O. The Bertz CT molecular complexity index is 983. The van der Waals surface area contributed by atoms with Gasteiger partial charge in [0.05, 0.1) is 23.0 Å². The first-order valence-corrected chi connectivity index (χ1v) is 10.3. The van der Waals surface area contributed by atoms with E-state index in [2.05, 4.69) is 44.7 Å². The van der Waals surface area contributed by atoms with Gasteiger partial charge >= 0.3 is 0 Å². The molecule has 0 saturated carbocycles. The van der Waals surface area contributed by atoms with Crippen LogP contribution in [0.2, 0.25) is 0 Å². The average molecular weight is 393 g/mol. The van der Waals surface area contributed by atoms with E-state index in [1.54, 1.807) is 12.4 Å². The van der Waals surface area contributed by atoms with E-state index >= 15 is 0 Å².